The number of halogens is 1. The van der Waals surface area contributed by atoms with Gasteiger partial charge in [0, 0.05) is 0 Å². The van der Waals surface area contributed by atoms with Crippen LogP contribution in [0.15, 0.2) is 29.3 Å². The van der Waals surface area contributed by atoms with Gasteiger partial charge in [-0.15, -0.1) is 12.4 Å². The zero-order valence-corrected chi connectivity index (χ0v) is 8.73. The second-order valence-corrected chi connectivity index (χ2v) is 3.00. The summed E-state index contributed by atoms with van der Waals surface area (Å²) in [5.41, 5.74) is 6.24. The first-order valence-electron chi connectivity index (χ1n) is 3.39. The fraction of sp³-hybridized carbons (Fsp3) is 0.125. The number of hydrogen-bond donors (Lipinski definition) is 2. The number of aliphatic imine (C=N–C) groups is 1. The highest BCUT2D eigenvalue weighted by Crippen LogP contribution is 2.17. The third-order valence-electron chi connectivity index (χ3n) is 1.30. The van der Waals surface area contributed by atoms with Crippen LogP contribution in [0.25, 0.3) is 0 Å². The average Bonchev–Trinajstić information content (AvgIpc) is 2.09. The van der Waals surface area contributed by atoms with Crippen LogP contribution in [-0.4, -0.2) is 16.5 Å². The monoisotopic (exact) mass is 218 g/mol. The first kappa shape index (κ1) is 12.1. The Morgan fingerprint density at radius 2 is 1.92 bits per heavy atom. The van der Waals surface area contributed by atoms with E-state index in [1.165, 1.54) is 11.8 Å². The zero-order chi connectivity index (χ0) is 8.97. The second-order valence-electron chi connectivity index (χ2n) is 2.17. The van der Waals surface area contributed by atoms with E-state index in [1.54, 1.807) is 24.3 Å². The molecule has 0 saturated carbocycles. The number of hydrogen-bond acceptors (Lipinski definition) is 3. The number of phenolic OH excluding ortho intramolecular Hbond substituents is 1. The van der Waals surface area contributed by atoms with E-state index in [-0.39, 0.29) is 18.2 Å². The molecule has 0 spiro atoms. The summed E-state index contributed by atoms with van der Waals surface area (Å²) in [5, 5.41) is 9.48. The predicted octanol–water partition coefficient (Wildman–Crippen LogP) is 2.12. The summed E-state index contributed by atoms with van der Waals surface area (Å²) in [6.07, 6.45) is 1.86. The number of aromatic hydroxyl groups is 1. The van der Waals surface area contributed by atoms with Crippen LogP contribution in [0.4, 0.5) is 5.69 Å². The molecule has 1 aromatic carbocycles. The molecule has 0 unspecified atom stereocenters. The minimum Gasteiger partial charge on any atom is -0.508 e. The lowest BCUT2D eigenvalue weighted by Crippen LogP contribution is -2.03. The van der Waals surface area contributed by atoms with Gasteiger partial charge in [-0.2, -0.15) is 0 Å². The van der Waals surface area contributed by atoms with Crippen molar-refractivity contribution in [2.24, 2.45) is 10.7 Å². The van der Waals surface area contributed by atoms with E-state index in [0.29, 0.717) is 5.17 Å². The third kappa shape index (κ3) is 4.05. The molecule has 72 valence electrons. The van der Waals surface area contributed by atoms with Crippen molar-refractivity contribution in [3.8, 4) is 5.75 Å². The molecule has 0 atom stereocenters. The van der Waals surface area contributed by atoms with Crippen molar-refractivity contribution in [2.45, 2.75) is 0 Å². The van der Waals surface area contributed by atoms with Crippen molar-refractivity contribution in [2.75, 3.05) is 6.26 Å². The number of thioether (sulfide) groups is 1. The Balaban J connectivity index is 0.00000144. The molecule has 0 aliphatic rings. The maximum atomic E-state index is 8.96. The summed E-state index contributed by atoms with van der Waals surface area (Å²) in [6, 6.07) is 6.57. The molecule has 0 radical (unpaired) electrons. The first-order chi connectivity index (χ1) is 5.72. The van der Waals surface area contributed by atoms with E-state index in [9.17, 15) is 0 Å². The van der Waals surface area contributed by atoms with Crippen molar-refractivity contribution in [3.63, 3.8) is 0 Å². The van der Waals surface area contributed by atoms with Gasteiger partial charge in [0.1, 0.15) is 5.75 Å². The first-order valence-corrected chi connectivity index (χ1v) is 4.62. The standard InChI is InChI=1S/C8H10N2OS.ClH/c1-12-8(9)10-6-2-4-7(11)5-3-6;/h2-5,11H,1H3,(H2,9,10);1H. The molecule has 0 amide bonds. The number of nitrogens with zero attached hydrogens (tertiary/aromatic N) is 1. The van der Waals surface area contributed by atoms with E-state index in [4.69, 9.17) is 10.8 Å². The maximum Gasteiger partial charge on any atom is 0.158 e. The van der Waals surface area contributed by atoms with Crippen molar-refractivity contribution in [3.05, 3.63) is 24.3 Å². The minimum atomic E-state index is 0. The van der Waals surface area contributed by atoms with Gasteiger partial charge in [0.05, 0.1) is 5.69 Å². The zero-order valence-electron chi connectivity index (χ0n) is 7.10. The van der Waals surface area contributed by atoms with Crippen molar-refractivity contribution in [1.29, 1.82) is 0 Å². The molecule has 1 aromatic rings. The van der Waals surface area contributed by atoms with Gasteiger partial charge in [0.25, 0.3) is 0 Å². The van der Waals surface area contributed by atoms with Crippen LogP contribution < -0.4 is 5.73 Å². The van der Waals surface area contributed by atoms with E-state index < -0.39 is 0 Å². The van der Waals surface area contributed by atoms with Crippen LogP contribution in [0.5, 0.6) is 5.75 Å². The predicted molar refractivity (Wildman–Crippen MR) is 60.2 cm³/mol. The van der Waals surface area contributed by atoms with Gasteiger partial charge in [-0.3, -0.25) is 0 Å². The molecule has 1 rings (SSSR count). The lowest BCUT2D eigenvalue weighted by molar-refractivity contribution is 0.475. The van der Waals surface area contributed by atoms with E-state index >= 15 is 0 Å². The normalized spacial score (nSPS) is 10.7. The highest BCUT2D eigenvalue weighted by Gasteiger charge is 1.91. The van der Waals surface area contributed by atoms with Crippen LogP contribution in [0.1, 0.15) is 0 Å². The van der Waals surface area contributed by atoms with Crippen LogP contribution >= 0.6 is 24.2 Å². The van der Waals surface area contributed by atoms with Crippen LogP contribution in [-0.2, 0) is 0 Å². The number of nitrogens with two attached hydrogens (primary N) is 1. The van der Waals surface area contributed by atoms with Gasteiger partial charge in [-0.05, 0) is 30.5 Å². The van der Waals surface area contributed by atoms with Gasteiger partial charge in [0.2, 0.25) is 0 Å². The number of phenols is 1. The Bertz CT molecular complexity index is 287. The molecule has 0 fully saturated rings. The van der Waals surface area contributed by atoms with E-state index in [1.807, 2.05) is 6.26 Å². The highest BCUT2D eigenvalue weighted by atomic mass is 35.5. The summed E-state index contributed by atoms with van der Waals surface area (Å²) in [6.45, 7) is 0. The summed E-state index contributed by atoms with van der Waals surface area (Å²) >= 11 is 1.39. The lowest BCUT2D eigenvalue weighted by atomic mass is 10.3. The number of benzene rings is 1. The molecule has 0 aliphatic heterocycles. The Morgan fingerprint density at radius 1 is 1.38 bits per heavy atom. The van der Waals surface area contributed by atoms with Crippen molar-refractivity contribution in [1.82, 2.24) is 0 Å². The van der Waals surface area contributed by atoms with Crippen LogP contribution in [0.3, 0.4) is 0 Å². The second kappa shape index (κ2) is 5.72. The molecule has 3 nitrogen and oxygen atoms in total. The van der Waals surface area contributed by atoms with Gasteiger partial charge in [-0.1, -0.05) is 11.8 Å². The van der Waals surface area contributed by atoms with E-state index in [2.05, 4.69) is 4.99 Å². The van der Waals surface area contributed by atoms with Gasteiger partial charge >= 0.3 is 0 Å². The van der Waals surface area contributed by atoms with Gasteiger partial charge in [0.15, 0.2) is 5.17 Å². The topological polar surface area (TPSA) is 58.6 Å². The molecule has 0 heterocycles. The quantitative estimate of drug-likeness (QED) is 0.561. The molecule has 3 N–H and O–H groups in total. The van der Waals surface area contributed by atoms with Crippen LogP contribution in [0.2, 0.25) is 0 Å². The Hall–Kier alpha value is -0.870. The van der Waals surface area contributed by atoms with Crippen LogP contribution in [0, 0.1) is 0 Å². The van der Waals surface area contributed by atoms with Gasteiger partial charge in [-0.25, -0.2) is 4.99 Å². The van der Waals surface area contributed by atoms with Crippen molar-refractivity contribution < 1.29 is 5.11 Å². The lowest BCUT2D eigenvalue weighted by Gasteiger charge is -1.96. The van der Waals surface area contributed by atoms with E-state index in [0.717, 1.165) is 5.69 Å². The fourth-order valence-electron chi connectivity index (χ4n) is 0.700. The Labute approximate surface area is 87.5 Å². The molecule has 0 bridgehead atoms. The summed E-state index contributed by atoms with van der Waals surface area (Å²) in [4.78, 5) is 4.06. The third-order valence-corrected chi connectivity index (χ3v) is 1.81. The molecule has 0 aromatic heterocycles. The molecule has 0 saturated heterocycles. The summed E-state index contributed by atoms with van der Waals surface area (Å²) in [5.74, 6) is 0.233. The molecular weight excluding hydrogens is 208 g/mol. The number of rotatable bonds is 1. The smallest absolute Gasteiger partial charge is 0.158 e. The number of amidine groups is 1. The molecule has 13 heavy (non-hydrogen) atoms. The minimum absolute atomic E-state index is 0. The Morgan fingerprint density at radius 3 is 2.38 bits per heavy atom. The fourth-order valence-corrected chi connectivity index (χ4v) is 0.897. The molecule has 5 heteroatoms. The SMILES string of the molecule is CSC(N)=Nc1ccc(O)cc1.Cl. The highest BCUT2D eigenvalue weighted by molar-refractivity contribution is 8.13. The van der Waals surface area contributed by atoms with Gasteiger partial charge < -0.3 is 10.8 Å². The summed E-state index contributed by atoms with van der Waals surface area (Å²) < 4.78 is 0. The largest absolute Gasteiger partial charge is 0.508 e. The average molecular weight is 219 g/mol. The van der Waals surface area contributed by atoms with Crippen molar-refractivity contribution >= 4 is 35.0 Å². The Kier molecular flexibility index (Phi) is 5.34. The molecule has 0 aliphatic carbocycles. The summed E-state index contributed by atoms with van der Waals surface area (Å²) in [7, 11) is 0. The molecular formula is C8H11ClN2OS. The maximum absolute atomic E-state index is 8.96.